The van der Waals surface area contributed by atoms with Crippen molar-refractivity contribution in [3.8, 4) is 0 Å². The predicted molar refractivity (Wildman–Crippen MR) is 477 cm³/mol. The minimum atomic E-state index is -2.20. The molecule has 0 unspecified atom stereocenters. The minimum Gasteiger partial charge on any atom is -0.481 e. The highest BCUT2D eigenvalue weighted by molar-refractivity contribution is 6.05. The third-order valence-corrected chi connectivity index (χ3v) is 21.8. The largest absolute Gasteiger partial charge is 0.481 e. The SMILES string of the molecule is CCCCCCCCCCCC(=O)NCCC(=O)N(C(=O)[C@H](CCCCN)NC(=O)[C@H](CO)NC(C)=O)[C@@H](CO)C(=O)N[C@@H](CCCC)C(=O)N[C@@H](CCC(=O)O)C(=O)N[C@@H](CO)C(=O)N[C@H](Cc1ccccc1)C(=O)N[C@@H](CCCN=C(N)N)C(=O)N[C@@H](Cc1c[nH]c2ccccc12)C(=O)NCC(=O)N[C@@H](CCCCN)C(=O)N1CCC[C@H]1C(=O)N[C@H](C(N)=O)C(C)C. The highest BCUT2D eigenvalue weighted by atomic mass is 16.4. The number of benzene rings is 2. The fourth-order valence-corrected chi connectivity index (χ4v) is 14.7. The average Bonchev–Trinajstić information content (AvgIpc) is 1.75. The Hall–Kier alpha value is -11.8. The van der Waals surface area contributed by atoms with Crippen molar-refractivity contribution < 1.29 is 102 Å². The minimum absolute atomic E-state index is 0.00237. The lowest BCUT2D eigenvalue weighted by Gasteiger charge is -2.33. The van der Waals surface area contributed by atoms with Gasteiger partial charge in [-0.05, 0) is 120 Å². The number of carbonyl (C=O) groups is 17. The van der Waals surface area contributed by atoms with Crippen LogP contribution in [0.15, 0.2) is 65.8 Å². The van der Waals surface area contributed by atoms with Gasteiger partial charge in [-0.25, -0.2) is 0 Å². The number of nitrogens with one attached hydrogen (secondary N) is 13. The number of aromatic amines is 1. The Morgan fingerprint density at radius 1 is 0.504 bits per heavy atom. The second-order valence-electron chi connectivity index (χ2n) is 32.5. The molecule has 42 heteroatoms. The number of aliphatic hydroxyl groups is 3. The lowest BCUT2D eigenvalue weighted by Crippen LogP contribution is -2.63. The number of aliphatic carboxylic acids is 1. The first-order valence-corrected chi connectivity index (χ1v) is 44.8. The number of hydrogen-bond acceptors (Lipinski definition) is 23. The number of aromatic nitrogens is 1. The number of primary amides is 1. The molecule has 0 spiro atoms. The van der Waals surface area contributed by atoms with E-state index in [-0.39, 0.29) is 122 Å². The number of carbonyl (C=O) groups excluding carboxylic acids is 16. The van der Waals surface area contributed by atoms with E-state index in [1.807, 2.05) is 0 Å². The summed E-state index contributed by atoms with van der Waals surface area (Å²) in [5, 5.41) is 72.9. The van der Waals surface area contributed by atoms with Gasteiger partial charge in [-0.3, -0.25) is 91.4 Å². The van der Waals surface area contributed by atoms with Crippen LogP contribution in [0, 0.1) is 5.92 Å². The van der Waals surface area contributed by atoms with Gasteiger partial charge >= 0.3 is 5.97 Å². The summed E-state index contributed by atoms with van der Waals surface area (Å²) in [6, 6.07) is -4.09. The Labute approximate surface area is 752 Å². The third kappa shape index (κ3) is 39.4. The quantitative estimate of drug-likeness (QED) is 0.0159. The highest BCUT2D eigenvalue weighted by Crippen LogP contribution is 2.24. The van der Waals surface area contributed by atoms with Crippen molar-refractivity contribution in [3.63, 3.8) is 0 Å². The third-order valence-electron chi connectivity index (χ3n) is 21.8. The number of unbranched alkanes of at least 4 members (excludes halogenated alkanes) is 11. The van der Waals surface area contributed by atoms with Gasteiger partial charge in [-0.2, -0.15) is 0 Å². The number of amides is 16. The number of fused-ring (bicyclic) bond motifs is 1. The van der Waals surface area contributed by atoms with Gasteiger partial charge in [0.25, 0.3) is 5.91 Å². The van der Waals surface area contributed by atoms with Crippen LogP contribution in [-0.2, 0) is 94.3 Å². The summed E-state index contributed by atoms with van der Waals surface area (Å²) >= 11 is 0. The number of nitrogens with two attached hydrogens (primary N) is 5. The molecule has 0 saturated carbocycles. The molecule has 2 heterocycles. The summed E-state index contributed by atoms with van der Waals surface area (Å²) in [4.78, 5) is 247. The molecule has 0 radical (unpaired) electrons. The molecule has 718 valence electrons. The summed E-state index contributed by atoms with van der Waals surface area (Å²) in [5.74, 6) is -17.6. The summed E-state index contributed by atoms with van der Waals surface area (Å²) in [7, 11) is 0. The zero-order valence-corrected chi connectivity index (χ0v) is 74.9. The molecule has 1 saturated heterocycles. The Balaban J connectivity index is 1.67. The zero-order chi connectivity index (χ0) is 95.5. The van der Waals surface area contributed by atoms with E-state index in [1.165, 1.54) is 4.90 Å². The number of carboxylic acid groups (broad SMARTS) is 1. The number of hydrogen-bond donors (Lipinski definition) is 22. The van der Waals surface area contributed by atoms with Crippen LogP contribution < -0.4 is 92.5 Å². The Bertz CT molecular complexity index is 4170. The van der Waals surface area contributed by atoms with Crippen LogP contribution in [-0.4, -0.2) is 273 Å². The molecule has 4 rings (SSSR count). The Kier molecular flexibility index (Phi) is 51.1. The molecule has 1 fully saturated rings. The first kappa shape index (κ1) is 110. The number of aliphatic hydroxyl groups excluding tert-OH is 3. The monoisotopic (exact) mass is 1810 g/mol. The van der Waals surface area contributed by atoms with Crippen molar-refractivity contribution in [2.24, 2.45) is 39.6 Å². The maximum Gasteiger partial charge on any atom is 0.303 e. The molecule has 129 heavy (non-hydrogen) atoms. The summed E-state index contributed by atoms with van der Waals surface area (Å²) < 4.78 is 0. The number of likely N-dealkylation sites (tertiary alicyclic amines) is 1. The van der Waals surface area contributed by atoms with Gasteiger partial charge in [-0.15, -0.1) is 0 Å². The predicted octanol–water partition coefficient (Wildman–Crippen LogP) is -2.44. The first-order valence-electron chi connectivity index (χ1n) is 44.8. The number of carboxylic acids is 1. The molecule has 16 amide bonds. The van der Waals surface area contributed by atoms with E-state index in [0.29, 0.717) is 59.0 Å². The number of guanidine groups is 1. The molecule has 3 aromatic rings. The van der Waals surface area contributed by atoms with E-state index in [9.17, 15) is 92.3 Å². The van der Waals surface area contributed by atoms with Crippen LogP contribution in [0.3, 0.4) is 0 Å². The second kappa shape index (κ2) is 60.1. The molecule has 2 aromatic carbocycles. The van der Waals surface area contributed by atoms with Crippen LogP contribution in [0.5, 0.6) is 0 Å². The maximum atomic E-state index is 15.0. The van der Waals surface area contributed by atoms with Gasteiger partial charge in [0.2, 0.25) is 88.6 Å². The van der Waals surface area contributed by atoms with Gasteiger partial charge in [0, 0.05) is 75.8 Å². The van der Waals surface area contributed by atoms with E-state index >= 15 is 9.59 Å². The summed E-state index contributed by atoms with van der Waals surface area (Å²) in [6.45, 7) is 4.13. The van der Waals surface area contributed by atoms with Crippen molar-refractivity contribution in [2.75, 3.05) is 59.1 Å². The number of H-pyrrole nitrogens is 1. The number of aliphatic imine (C=N–C) groups is 1. The number of imide groups is 1. The van der Waals surface area contributed by atoms with Crippen molar-refractivity contribution in [1.29, 1.82) is 0 Å². The zero-order valence-electron chi connectivity index (χ0n) is 74.9. The molecule has 0 aliphatic carbocycles. The van der Waals surface area contributed by atoms with Crippen molar-refractivity contribution in [1.82, 2.24) is 78.6 Å². The van der Waals surface area contributed by atoms with E-state index in [0.717, 1.165) is 58.3 Å². The molecule has 1 aliphatic heterocycles. The van der Waals surface area contributed by atoms with Crippen LogP contribution in [0.4, 0.5) is 0 Å². The topological polar surface area (TPSA) is 680 Å². The smallest absolute Gasteiger partial charge is 0.303 e. The van der Waals surface area contributed by atoms with Crippen LogP contribution in [0.1, 0.15) is 213 Å². The Morgan fingerprint density at radius 3 is 1.58 bits per heavy atom. The molecule has 27 N–H and O–H groups in total. The number of rotatable bonds is 64. The summed E-state index contributed by atoms with van der Waals surface area (Å²) in [6.07, 6.45) is 9.57. The lowest BCUT2D eigenvalue weighted by molar-refractivity contribution is -0.156. The number of nitrogens with zero attached hydrogens (tertiary/aromatic N) is 3. The van der Waals surface area contributed by atoms with E-state index < -0.39 is 219 Å². The van der Waals surface area contributed by atoms with Crippen LogP contribution in [0.2, 0.25) is 0 Å². The second-order valence-corrected chi connectivity index (χ2v) is 32.5. The van der Waals surface area contributed by atoms with E-state index in [1.54, 1.807) is 81.6 Å². The van der Waals surface area contributed by atoms with Crippen LogP contribution >= 0.6 is 0 Å². The van der Waals surface area contributed by atoms with Gasteiger partial charge in [0.1, 0.15) is 72.5 Å². The van der Waals surface area contributed by atoms with Crippen molar-refractivity contribution in [2.45, 2.75) is 287 Å². The first-order chi connectivity index (χ1) is 61.7. The molecule has 12 atom stereocenters. The lowest BCUT2D eigenvalue weighted by atomic mass is 10.0. The van der Waals surface area contributed by atoms with Crippen LogP contribution in [0.25, 0.3) is 10.9 Å². The van der Waals surface area contributed by atoms with Crippen molar-refractivity contribution >= 4 is 117 Å². The summed E-state index contributed by atoms with van der Waals surface area (Å²) in [5.41, 5.74) is 30.1. The van der Waals surface area contributed by atoms with E-state index in [2.05, 4.69) is 80.7 Å². The average molecular weight is 1820 g/mol. The molecule has 0 bridgehead atoms. The highest BCUT2D eigenvalue weighted by Gasteiger charge is 2.43. The molecular formula is C87H139N21O21. The normalized spacial score (nSPS) is 14.9. The van der Waals surface area contributed by atoms with Gasteiger partial charge in [0.15, 0.2) is 5.96 Å². The standard InChI is InChI=1S/C87H139N21O21/c1-6-8-10-11-12-13-14-15-19-37-70(113)93-44-40-72(115)108(86(129)63(34-23-25-42-89)102-81(124)66(50-109)97-54(5)112)69(52-111)84(127)101-59(31-9-7-2)77(120)100-61(38-39-73(116)117)79(122)105-67(51-110)82(125)103-64(46-55-28-17-16-18-29-55)80(123)99-60(35-26-43-94-87(91)92)78(121)104-65(47-56-48-95-58-32-21-20-30-57(56)58)76(119)96-49-71(114)98-62(33-22-24-41-88)85(128)107-45-27-36-68(107)83(126)106-74(53(3)4)75(90)118/h16-18,20-21,28-30,32,48,53,59-69,74,95,109-111H,6-15,19,22-27,31,33-47,49-52,88-89H2,1-5H3,(H2,90,118)(H,93,113)(H,96,119)(H,97,112)(H,98,114)(H,99,123)(H,100,120)(H,101,127)(H,102,124)(H,103,125)(H,104,121)(H,105,122)(H,106,126)(H,116,117)(H4,91,92,94)/t59-,60-,61-,62-,63-,64+,65-,66-,67-,68-,69-,74-/m0/s1. The molecule has 42 nitrogen and oxygen atoms in total. The fourth-order valence-electron chi connectivity index (χ4n) is 14.7. The van der Waals surface area contributed by atoms with Gasteiger partial charge < -0.3 is 123 Å². The molecule has 1 aromatic heterocycles. The van der Waals surface area contributed by atoms with Gasteiger partial charge in [-0.1, -0.05) is 140 Å². The van der Waals surface area contributed by atoms with E-state index in [4.69, 9.17) is 28.7 Å². The van der Waals surface area contributed by atoms with Gasteiger partial charge in [0.05, 0.1) is 26.4 Å². The fraction of sp³-hybridized carbons (Fsp3) is 0.632. The Morgan fingerprint density at radius 2 is 1.02 bits per heavy atom. The van der Waals surface area contributed by atoms with Crippen molar-refractivity contribution in [3.05, 3.63) is 71.9 Å². The maximum absolute atomic E-state index is 15.0. The molecular weight excluding hydrogens is 1680 g/mol. The number of para-hydroxylation sites is 1. The molecule has 1 aliphatic rings.